The molecule has 1 fully saturated rings. The van der Waals surface area contributed by atoms with Gasteiger partial charge in [0.05, 0.1) is 5.56 Å². The summed E-state index contributed by atoms with van der Waals surface area (Å²) in [5, 5.41) is 13.3. The minimum Gasteiger partial charge on any atom is -0.478 e. The lowest BCUT2D eigenvalue weighted by molar-refractivity contribution is 0.0698. The third-order valence-corrected chi connectivity index (χ3v) is 4.80. The number of nitrogens with two attached hydrogens (primary N) is 1. The molecular formula is C14H20N2O2S. The number of carbonyl (C=O) groups is 1. The molecule has 4 nitrogen and oxygen atoms in total. The number of aryl methyl sites for hydroxylation is 1. The molecule has 2 rings (SSSR count). The molecule has 1 aromatic carbocycles. The molecular weight excluding hydrogens is 260 g/mol. The van der Waals surface area contributed by atoms with Crippen molar-refractivity contribution in [3.8, 4) is 0 Å². The van der Waals surface area contributed by atoms with E-state index >= 15 is 0 Å². The minimum atomic E-state index is -0.974. The maximum absolute atomic E-state index is 11.2. The minimum absolute atomic E-state index is 0.182. The number of rotatable bonds is 4. The van der Waals surface area contributed by atoms with Crippen molar-refractivity contribution in [2.24, 2.45) is 0 Å². The van der Waals surface area contributed by atoms with Gasteiger partial charge in [-0.25, -0.2) is 4.79 Å². The van der Waals surface area contributed by atoms with Gasteiger partial charge in [-0.3, -0.25) is 0 Å². The van der Waals surface area contributed by atoms with Crippen LogP contribution in [0, 0.1) is 6.92 Å². The number of nitrogen functional groups attached to an aromatic ring is 1. The van der Waals surface area contributed by atoms with Gasteiger partial charge in [0, 0.05) is 22.7 Å². The first-order chi connectivity index (χ1) is 9.01. The van der Waals surface area contributed by atoms with Gasteiger partial charge in [-0.15, -0.1) is 0 Å². The van der Waals surface area contributed by atoms with E-state index in [1.54, 1.807) is 6.07 Å². The highest BCUT2D eigenvalue weighted by Crippen LogP contribution is 2.31. The Kier molecular flexibility index (Phi) is 4.24. The highest BCUT2D eigenvalue weighted by atomic mass is 32.2. The Bertz CT molecular complexity index is 491. The van der Waals surface area contributed by atoms with Gasteiger partial charge < -0.3 is 16.2 Å². The number of hydrogen-bond acceptors (Lipinski definition) is 4. The topological polar surface area (TPSA) is 75.3 Å². The monoisotopic (exact) mass is 280 g/mol. The lowest BCUT2D eigenvalue weighted by Gasteiger charge is -2.16. The molecule has 2 unspecified atom stereocenters. The summed E-state index contributed by atoms with van der Waals surface area (Å²) in [7, 11) is 0. The fourth-order valence-electron chi connectivity index (χ4n) is 2.58. The standard InChI is InChI=1S/C14H20N2O2S/c1-8-5-10(7-12(13(8)15)14(17)18)16-9-3-4-11(6-9)19-2/h5,7,9,11,16H,3-4,6,15H2,1-2H3,(H,17,18). The lowest BCUT2D eigenvalue weighted by Crippen LogP contribution is -2.17. The van der Waals surface area contributed by atoms with E-state index in [0.29, 0.717) is 17.0 Å². The van der Waals surface area contributed by atoms with Crippen molar-refractivity contribution in [3.63, 3.8) is 0 Å². The van der Waals surface area contributed by atoms with Crippen LogP contribution in [0.3, 0.4) is 0 Å². The molecule has 19 heavy (non-hydrogen) atoms. The molecule has 0 bridgehead atoms. The SMILES string of the molecule is CSC1CCC(Nc2cc(C)c(N)c(C(=O)O)c2)C1. The van der Waals surface area contributed by atoms with E-state index in [4.69, 9.17) is 10.8 Å². The van der Waals surface area contributed by atoms with Crippen LogP contribution in [-0.2, 0) is 0 Å². The molecule has 0 aromatic heterocycles. The Morgan fingerprint density at radius 3 is 2.79 bits per heavy atom. The van der Waals surface area contributed by atoms with E-state index in [2.05, 4.69) is 11.6 Å². The van der Waals surface area contributed by atoms with Crippen molar-refractivity contribution in [2.45, 2.75) is 37.5 Å². The molecule has 0 amide bonds. The number of nitrogens with one attached hydrogen (secondary N) is 1. The zero-order chi connectivity index (χ0) is 14.0. The fraction of sp³-hybridized carbons (Fsp3) is 0.500. The summed E-state index contributed by atoms with van der Waals surface area (Å²) in [6, 6.07) is 3.99. The smallest absolute Gasteiger partial charge is 0.337 e. The van der Waals surface area contributed by atoms with Gasteiger partial charge in [-0.05, 0) is 50.1 Å². The van der Waals surface area contributed by atoms with Crippen molar-refractivity contribution >= 4 is 29.1 Å². The molecule has 0 aliphatic heterocycles. The molecule has 1 aliphatic carbocycles. The molecule has 0 radical (unpaired) electrons. The van der Waals surface area contributed by atoms with Gasteiger partial charge in [0.25, 0.3) is 0 Å². The largest absolute Gasteiger partial charge is 0.478 e. The predicted molar refractivity (Wildman–Crippen MR) is 81.1 cm³/mol. The average molecular weight is 280 g/mol. The Balaban J connectivity index is 2.15. The van der Waals surface area contributed by atoms with E-state index in [-0.39, 0.29) is 5.56 Å². The number of thioether (sulfide) groups is 1. The summed E-state index contributed by atoms with van der Waals surface area (Å²) in [6.07, 6.45) is 5.63. The number of carboxylic acid groups (broad SMARTS) is 1. The van der Waals surface area contributed by atoms with Crippen LogP contribution in [-0.4, -0.2) is 28.6 Å². The summed E-state index contributed by atoms with van der Waals surface area (Å²) in [5.41, 5.74) is 7.99. The van der Waals surface area contributed by atoms with Crippen LogP contribution in [0.1, 0.15) is 35.2 Å². The lowest BCUT2D eigenvalue weighted by atomic mass is 10.1. The molecule has 104 valence electrons. The second-order valence-electron chi connectivity index (χ2n) is 5.07. The van der Waals surface area contributed by atoms with Crippen LogP contribution >= 0.6 is 11.8 Å². The quantitative estimate of drug-likeness (QED) is 0.739. The highest BCUT2D eigenvalue weighted by Gasteiger charge is 2.24. The number of benzene rings is 1. The van der Waals surface area contributed by atoms with Gasteiger partial charge in [0.2, 0.25) is 0 Å². The molecule has 1 aromatic rings. The van der Waals surface area contributed by atoms with Crippen molar-refractivity contribution in [2.75, 3.05) is 17.3 Å². The Morgan fingerprint density at radius 2 is 2.21 bits per heavy atom. The first kappa shape index (κ1) is 14.1. The summed E-state index contributed by atoms with van der Waals surface area (Å²) in [6.45, 7) is 1.84. The molecule has 0 heterocycles. The van der Waals surface area contributed by atoms with Crippen molar-refractivity contribution in [1.29, 1.82) is 0 Å². The maximum Gasteiger partial charge on any atom is 0.337 e. The molecule has 1 saturated carbocycles. The van der Waals surface area contributed by atoms with E-state index in [9.17, 15) is 4.79 Å². The predicted octanol–water partition coefficient (Wildman–Crippen LogP) is 2.97. The number of anilines is 2. The van der Waals surface area contributed by atoms with Crippen LogP contribution in [0.15, 0.2) is 12.1 Å². The molecule has 0 spiro atoms. The second kappa shape index (κ2) is 5.74. The first-order valence-corrected chi connectivity index (χ1v) is 7.72. The van der Waals surface area contributed by atoms with Gasteiger partial charge >= 0.3 is 5.97 Å². The molecule has 4 N–H and O–H groups in total. The summed E-state index contributed by atoms with van der Waals surface area (Å²) >= 11 is 1.91. The third kappa shape index (κ3) is 3.15. The van der Waals surface area contributed by atoms with Crippen LogP contribution in [0.25, 0.3) is 0 Å². The van der Waals surface area contributed by atoms with Gasteiger partial charge in [0.15, 0.2) is 0 Å². The number of carboxylic acids is 1. The molecule has 1 aliphatic rings. The fourth-order valence-corrected chi connectivity index (χ4v) is 3.38. The van der Waals surface area contributed by atoms with Crippen molar-refractivity contribution < 1.29 is 9.90 Å². The van der Waals surface area contributed by atoms with Gasteiger partial charge in [-0.1, -0.05) is 0 Å². The zero-order valence-electron chi connectivity index (χ0n) is 11.3. The summed E-state index contributed by atoms with van der Waals surface area (Å²) in [5.74, 6) is -0.974. The summed E-state index contributed by atoms with van der Waals surface area (Å²) in [4.78, 5) is 11.2. The molecule has 0 saturated heterocycles. The normalized spacial score (nSPS) is 22.4. The highest BCUT2D eigenvalue weighted by molar-refractivity contribution is 7.99. The first-order valence-electron chi connectivity index (χ1n) is 6.44. The average Bonchev–Trinajstić information content (AvgIpc) is 2.81. The Labute approximate surface area is 117 Å². The van der Waals surface area contributed by atoms with Crippen LogP contribution in [0.5, 0.6) is 0 Å². The van der Waals surface area contributed by atoms with E-state index in [0.717, 1.165) is 24.1 Å². The Morgan fingerprint density at radius 1 is 1.47 bits per heavy atom. The summed E-state index contributed by atoms with van der Waals surface area (Å²) < 4.78 is 0. The number of aromatic carboxylic acids is 1. The van der Waals surface area contributed by atoms with Gasteiger partial charge in [-0.2, -0.15) is 11.8 Å². The van der Waals surface area contributed by atoms with Crippen molar-refractivity contribution in [1.82, 2.24) is 0 Å². The third-order valence-electron chi connectivity index (χ3n) is 3.71. The van der Waals surface area contributed by atoms with Gasteiger partial charge in [0.1, 0.15) is 0 Å². The van der Waals surface area contributed by atoms with E-state index < -0.39 is 5.97 Å². The zero-order valence-corrected chi connectivity index (χ0v) is 12.1. The van der Waals surface area contributed by atoms with E-state index in [1.807, 2.05) is 24.8 Å². The van der Waals surface area contributed by atoms with Crippen LogP contribution < -0.4 is 11.1 Å². The van der Waals surface area contributed by atoms with Crippen LogP contribution in [0.2, 0.25) is 0 Å². The van der Waals surface area contributed by atoms with E-state index in [1.165, 1.54) is 6.42 Å². The second-order valence-corrected chi connectivity index (χ2v) is 6.21. The van der Waals surface area contributed by atoms with Crippen molar-refractivity contribution in [3.05, 3.63) is 23.3 Å². The Hall–Kier alpha value is -1.36. The molecule has 2 atom stereocenters. The van der Waals surface area contributed by atoms with Crippen LogP contribution in [0.4, 0.5) is 11.4 Å². The molecule has 5 heteroatoms. The maximum atomic E-state index is 11.2. The number of hydrogen-bond donors (Lipinski definition) is 3.